The molecular weight excluding hydrogens is 374 g/mol. The monoisotopic (exact) mass is 401 g/mol. The van der Waals surface area contributed by atoms with Crippen LogP contribution >= 0.6 is 0 Å². The molecule has 0 unspecified atom stereocenters. The van der Waals surface area contributed by atoms with E-state index in [0.29, 0.717) is 30.8 Å². The second-order valence-corrected chi connectivity index (χ2v) is 9.34. The van der Waals surface area contributed by atoms with E-state index in [1.54, 1.807) is 6.20 Å². The Morgan fingerprint density at radius 3 is 2.57 bits per heavy atom. The number of benzene rings is 1. The van der Waals surface area contributed by atoms with E-state index in [0.717, 1.165) is 22.4 Å². The van der Waals surface area contributed by atoms with Gasteiger partial charge in [-0.05, 0) is 56.9 Å². The number of aromatic nitrogens is 1. The molecule has 1 aliphatic heterocycles. The van der Waals surface area contributed by atoms with Crippen molar-refractivity contribution in [2.24, 2.45) is 5.92 Å². The van der Waals surface area contributed by atoms with Gasteiger partial charge in [0.05, 0.1) is 23.1 Å². The number of hydrogen-bond acceptors (Lipinski definition) is 4. The quantitative estimate of drug-likeness (QED) is 0.835. The highest BCUT2D eigenvalue weighted by Gasteiger charge is 2.34. The van der Waals surface area contributed by atoms with Crippen LogP contribution in [-0.4, -0.2) is 36.7 Å². The molecule has 7 heteroatoms. The van der Waals surface area contributed by atoms with Gasteiger partial charge in [-0.25, -0.2) is 8.42 Å². The molecule has 0 bridgehead atoms. The Kier molecular flexibility index (Phi) is 6.15. The molecule has 0 saturated carbocycles. The Balaban J connectivity index is 1.73. The lowest BCUT2D eigenvalue weighted by molar-refractivity contribution is -0.126. The highest BCUT2D eigenvalue weighted by atomic mass is 32.2. The molecule has 0 radical (unpaired) electrons. The Morgan fingerprint density at radius 1 is 1.21 bits per heavy atom. The van der Waals surface area contributed by atoms with Gasteiger partial charge in [0.2, 0.25) is 15.9 Å². The van der Waals surface area contributed by atoms with Gasteiger partial charge in [-0.3, -0.25) is 9.78 Å². The first-order chi connectivity index (χ1) is 13.3. The molecule has 2 heterocycles. The fourth-order valence-corrected chi connectivity index (χ4v) is 5.84. The second-order valence-electron chi connectivity index (χ2n) is 7.47. The van der Waals surface area contributed by atoms with Crippen molar-refractivity contribution in [3.8, 4) is 0 Å². The Morgan fingerprint density at radius 2 is 1.93 bits per heavy atom. The molecular formula is C21H27N3O3S. The summed E-state index contributed by atoms with van der Waals surface area (Å²) in [6, 6.07) is 9.32. The fourth-order valence-electron chi connectivity index (χ4n) is 3.90. The molecule has 1 amide bonds. The van der Waals surface area contributed by atoms with Gasteiger partial charge < -0.3 is 5.32 Å². The van der Waals surface area contributed by atoms with Crippen LogP contribution in [0.25, 0.3) is 0 Å². The van der Waals surface area contributed by atoms with Gasteiger partial charge >= 0.3 is 0 Å². The standard InChI is InChI=1S/C21H27N3O3S/c1-15-11-16(2)20(17(3)12-15)28(26,27)24-10-6-7-18(14-24)21(25)23-13-19-8-4-5-9-22-19/h4-5,8-9,11-12,18H,6-7,10,13-14H2,1-3H3,(H,23,25)/t18-/m1/s1. The van der Waals surface area contributed by atoms with Crippen LogP contribution in [0.4, 0.5) is 0 Å². The molecule has 2 aromatic rings. The minimum atomic E-state index is -3.63. The van der Waals surface area contributed by atoms with Crippen molar-refractivity contribution in [2.75, 3.05) is 13.1 Å². The predicted octanol–water partition coefficient (Wildman–Crippen LogP) is 2.72. The lowest BCUT2D eigenvalue weighted by atomic mass is 9.99. The highest BCUT2D eigenvalue weighted by molar-refractivity contribution is 7.89. The number of nitrogens with one attached hydrogen (secondary N) is 1. The van der Waals surface area contributed by atoms with Crippen molar-refractivity contribution in [1.29, 1.82) is 0 Å². The molecule has 0 aliphatic carbocycles. The first kappa shape index (κ1) is 20.5. The Bertz CT molecular complexity index is 935. The molecule has 1 aliphatic rings. The number of hydrogen-bond donors (Lipinski definition) is 1. The van der Waals surface area contributed by atoms with Crippen LogP contribution in [0.1, 0.15) is 35.2 Å². The van der Waals surface area contributed by atoms with Crippen LogP contribution < -0.4 is 5.32 Å². The third-order valence-electron chi connectivity index (χ3n) is 5.13. The smallest absolute Gasteiger partial charge is 0.243 e. The summed E-state index contributed by atoms with van der Waals surface area (Å²) in [6.07, 6.45) is 3.04. The number of nitrogens with zero attached hydrogens (tertiary/aromatic N) is 2. The van der Waals surface area contributed by atoms with Gasteiger partial charge in [-0.1, -0.05) is 23.8 Å². The molecule has 1 saturated heterocycles. The number of rotatable bonds is 5. The first-order valence-electron chi connectivity index (χ1n) is 9.54. The third-order valence-corrected chi connectivity index (χ3v) is 7.30. The average molecular weight is 402 g/mol. The van der Waals surface area contributed by atoms with Crippen LogP contribution in [0.2, 0.25) is 0 Å². The van der Waals surface area contributed by atoms with Gasteiger partial charge in [0.15, 0.2) is 0 Å². The van der Waals surface area contributed by atoms with Gasteiger partial charge in [0, 0.05) is 19.3 Å². The summed E-state index contributed by atoms with van der Waals surface area (Å²) in [7, 11) is -3.63. The molecule has 1 atom stereocenters. The number of carbonyl (C=O) groups is 1. The van der Waals surface area contributed by atoms with Gasteiger partial charge in [-0.2, -0.15) is 4.31 Å². The maximum absolute atomic E-state index is 13.3. The van der Waals surface area contributed by atoms with E-state index in [9.17, 15) is 13.2 Å². The maximum atomic E-state index is 13.3. The van der Waals surface area contributed by atoms with E-state index in [1.807, 2.05) is 51.1 Å². The van der Waals surface area contributed by atoms with Gasteiger partial charge in [0.1, 0.15) is 0 Å². The van der Waals surface area contributed by atoms with Crippen LogP contribution in [0.5, 0.6) is 0 Å². The fraction of sp³-hybridized carbons (Fsp3) is 0.429. The van der Waals surface area contributed by atoms with Crippen LogP contribution in [-0.2, 0) is 21.4 Å². The predicted molar refractivity (Wildman–Crippen MR) is 108 cm³/mol. The molecule has 1 aromatic carbocycles. The zero-order valence-corrected chi connectivity index (χ0v) is 17.4. The van der Waals surface area contributed by atoms with Crippen LogP contribution in [0, 0.1) is 26.7 Å². The van der Waals surface area contributed by atoms with Crippen LogP contribution in [0.3, 0.4) is 0 Å². The summed E-state index contributed by atoms with van der Waals surface area (Å²) in [5.74, 6) is -0.471. The summed E-state index contributed by atoms with van der Waals surface area (Å²) in [5, 5.41) is 2.89. The summed E-state index contributed by atoms with van der Waals surface area (Å²) in [4.78, 5) is 17.2. The van der Waals surface area contributed by atoms with E-state index < -0.39 is 10.0 Å². The Hall–Kier alpha value is -2.25. The van der Waals surface area contributed by atoms with Crippen molar-refractivity contribution in [1.82, 2.24) is 14.6 Å². The topological polar surface area (TPSA) is 79.4 Å². The van der Waals surface area contributed by atoms with Gasteiger partial charge in [-0.15, -0.1) is 0 Å². The lowest BCUT2D eigenvalue weighted by Gasteiger charge is -2.32. The van der Waals surface area contributed by atoms with E-state index >= 15 is 0 Å². The maximum Gasteiger partial charge on any atom is 0.243 e. The SMILES string of the molecule is Cc1cc(C)c(S(=O)(=O)N2CCC[C@@H](C(=O)NCc3ccccn3)C2)c(C)c1. The molecule has 1 fully saturated rings. The molecule has 1 aromatic heterocycles. The number of pyridine rings is 1. The molecule has 150 valence electrons. The number of carbonyl (C=O) groups excluding carboxylic acids is 1. The zero-order chi connectivity index (χ0) is 20.3. The van der Waals surface area contributed by atoms with Crippen molar-refractivity contribution in [3.63, 3.8) is 0 Å². The summed E-state index contributed by atoms with van der Waals surface area (Å²) < 4.78 is 28.0. The average Bonchev–Trinajstić information content (AvgIpc) is 2.66. The van der Waals surface area contributed by atoms with Crippen molar-refractivity contribution < 1.29 is 13.2 Å². The first-order valence-corrected chi connectivity index (χ1v) is 11.0. The number of aryl methyl sites for hydroxylation is 3. The molecule has 28 heavy (non-hydrogen) atoms. The van der Waals surface area contributed by atoms with Crippen molar-refractivity contribution in [3.05, 3.63) is 58.9 Å². The Labute approximate surface area is 167 Å². The van der Waals surface area contributed by atoms with Crippen molar-refractivity contribution >= 4 is 15.9 Å². The summed E-state index contributed by atoms with van der Waals surface area (Å²) in [5.41, 5.74) is 3.32. The molecule has 0 spiro atoms. The van der Waals surface area contributed by atoms with Crippen LogP contribution in [0.15, 0.2) is 41.4 Å². The van der Waals surface area contributed by atoms with E-state index in [-0.39, 0.29) is 18.4 Å². The molecule has 1 N–H and O–H groups in total. The van der Waals surface area contributed by atoms with E-state index in [1.165, 1.54) is 4.31 Å². The normalized spacial score (nSPS) is 18.0. The summed E-state index contributed by atoms with van der Waals surface area (Å²) in [6.45, 7) is 6.61. The number of piperidine rings is 1. The van der Waals surface area contributed by atoms with E-state index in [2.05, 4.69) is 10.3 Å². The molecule has 6 nitrogen and oxygen atoms in total. The van der Waals surface area contributed by atoms with Crippen molar-refractivity contribution in [2.45, 2.75) is 45.1 Å². The summed E-state index contributed by atoms with van der Waals surface area (Å²) >= 11 is 0. The van der Waals surface area contributed by atoms with E-state index in [4.69, 9.17) is 0 Å². The molecule has 3 rings (SSSR count). The lowest BCUT2D eigenvalue weighted by Crippen LogP contribution is -2.45. The largest absolute Gasteiger partial charge is 0.350 e. The third kappa shape index (κ3) is 4.42. The number of amides is 1. The zero-order valence-electron chi connectivity index (χ0n) is 16.6. The minimum Gasteiger partial charge on any atom is -0.350 e. The second kappa shape index (κ2) is 8.41. The van der Waals surface area contributed by atoms with Gasteiger partial charge in [0.25, 0.3) is 0 Å². The highest BCUT2D eigenvalue weighted by Crippen LogP contribution is 2.28. The number of sulfonamides is 1. The minimum absolute atomic E-state index is 0.122.